The molecule has 0 saturated carbocycles. The van der Waals surface area contributed by atoms with Crippen LogP contribution in [0.4, 0.5) is 5.82 Å². The molecule has 6 heteroatoms. The standard InChI is InChI=1S/C14H22N4O2/c1-4-12-9-13(16-11(3)15-12)17-5-7-18(8-6-17)14(20)10(2)19/h9-10,19H,4-8H2,1-3H3. The van der Waals surface area contributed by atoms with Crippen molar-refractivity contribution in [3.63, 3.8) is 0 Å². The Bertz CT molecular complexity index is 482. The fraction of sp³-hybridized carbons (Fsp3) is 0.643. The van der Waals surface area contributed by atoms with Crippen LogP contribution in [0.3, 0.4) is 0 Å². The lowest BCUT2D eigenvalue weighted by molar-refractivity contribution is -0.139. The minimum absolute atomic E-state index is 0.197. The molecule has 0 aliphatic carbocycles. The number of carbonyl (C=O) groups is 1. The number of aromatic nitrogens is 2. The van der Waals surface area contributed by atoms with Crippen molar-refractivity contribution >= 4 is 11.7 Å². The van der Waals surface area contributed by atoms with Gasteiger partial charge in [-0.15, -0.1) is 0 Å². The van der Waals surface area contributed by atoms with Crippen LogP contribution in [0.2, 0.25) is 0 Å². The second-order valence-corrected chi connectivity index (χ2v) is 5.11. The van der Waals surface area contributed by atoms with Gasteiger partial charge in [-0.2, -0.15) is 0 Å². The summed E-state index contributed by atoms with van der Waals surface area (Å²) in [6, 6.07) is 2.01. The van der Waals surface area contributed by atoms with E-state index in [4.69, 9.17) is 0 Å². The van der Waals surface area contributed by atoms with Gasteiger partial charge in [-0.25, -0.2) is 9.97 Å². The van der Waals surface area contributed by atoms with Crippen LogP contribution in [0.25, 0.3) is 0 Å². The summed E-state index contributed by atoms with van der Waals surface area (Å²) in [5.74, 6) is 1.51. The predicted molar refractivity (Wildman–Crippen MR) is 76.6 cm³/mol. The van der Waals surface area contributed by atoms with Crippen molar-refractivity contribution in [3.8, 4) is 0 Å². The first-order valence-electron chi connectivity index (χ1n) is 7.07. The van der Waals surface area contributed by atoms with E-state index >= 15 is 0 Å². The highest BCUT2D eigenvalue weighted by molar-refractivity contribution is 5.80. The number of aliphatic hydroxyl groups is 1. The Morgan fingerprint density at radius 1 is 1.35 bits per heavy atom. The molecule has 1 N–H and O–H groups in total. The molecule has 1 aliphatic rings. The average molecular weight is 278 g/mol. The van der Waals surface area contributed by atoms with E-state index < -0.39 is 6.10 Å². The number of carbonyl (C=O) groups excluding carboxylic acids is 1. The van der Waals surface area contributed by atoms with Gasteiger partial charge in [0.2, 0.25) is 0 Å². The van der Waals surface area contributed by atoms with Crippen molar-refractivity contribution in [3.05, 3.63) is 17.6 Å². The summed E-state index contributed by atoms with van der Waals surface area (Å²) in [5, 5.41) is 9.34. The Balaban J connectivity index is 2.03. The van der Waals surface area contributed by atoms with Crippen LogP contribution in [0, 0.1) is 6.92 Å². The Morgan fingerprint density at radius 3 is 2.55 bits per heavy atom. The maximum atomic E-state index is 11.7. The van der Waals surface area contributed by atoms with Gasteiger partial charge in [0.25, 0.3) is 5.91 Å². The van der Waals surface area contributed by atoms with Gasteiger partial charge in [-0.1, -0.05) is 6.92 Å². The molecular weight excluding hydrogens is 256 g/mol. The fourth-order valence-corrected chi connectivity index (χ4v) is 2.38. The van der Waals surface area contributed by atoms with Crippen LogP contribution in [0.1, 0.15) is 25.4 Å². The van der Waals surface area contributed by atoms with Gasteiger partial charge in [-0.3, -0.25) is 4.79 Å². The molecule has 0 spiro atoms. The highest BCUT2D eigenvalue weighted by atomic mass is 16.3. The lowest BCUT2D eigenvalue weighted by Crippen LogP contribution is -2.51. The first-order chi connectivity index (χ1) is 9.51. The molecule has 1 aromatic rings. The first kappa shape index (κ1) is 14.7. The molecule has 0 aromatic carbocycles. The van der Waals surface area contributed by atoms with Crippen molar-refractivity contribution < 1.29 is 9.90 Å². The molecule has 1 aliphatic heterocycles. The number of anilines is 1. The predicted octanol–water partition coefficient (Wildman–Crippen LogP) is 0.377. The normalized spacial score (nSPS) is 17.2. The van der Waals surface area contributed by atoms with Gasteiger partial charge >= 0.3 is 0 Å². The summed E-state index contributed by atoms with van der Waals surface area (Å²) in [6.45, 7) is 8.19. The Morgan fingerprint density at radius 2 is 2.00 bits per heavy atom. The second-order valence-electron chi connectivity index (χ2n) is 5.11. The van der Waals surface area contributed by atoms with Crippen molar-refractivity contribution in [2.75, 3.05) is 31.1 Å². The van der Waals surface area contributed by atoms with Crippen molar-refractivity contribution in [1.29, 1.82) is 0 Å². The monoisotopic (exact) mass is 278 g/mol. The third kappa shape index (κ3) is 3.25. The molecule has 1 amide bonds. The molecule has 0 bridgehead atoms. The van der Waals surface area contributed by atoms with Gasteiger partial charge in [0.15, 0.2) is 0 Å². The van der Waals surface area contributed by atoms with Gasteiger partial charge in [0, 0.05) is 37.9 Å². The van der Waals surface area contributed by atoms with Crippen LogP contribution in [-0.4, -0.2) is 58.2 Å². The van der Waals surface area contributed by atoms with Crippen LogP contribution in [-0.2, 0) is 11.2 Å². The molecule has 1 saturated heterocycles. The second kappa shape index (κ2) is 6.17. The minimum atomic E-state index is -0.922. The molecule has 6 nitrogen and oxygen atoms in total. The maximum absolute atomic E-state index is 11.7. The van der Waals surface area contributed by atoms with E-state index in [0.29, 0.717) is 13.1 Å². The topological polar surface area (TPSA) is 69.6 Å². The van der Waals surface area contributed by atoms with Crippen LogP contribution in [0.15, 0.2) is 6.07 Å². The van der Waals surface area contributed by atoms with Gasteiger partial charge in [0.05, 0.1) is 0 Å². The van der Waals surface area contributed by atoms with Gasteiger partial charge in [0.1, 0.15) is 17.7 Å². The van der Waals surface area contributed by atoms with E-state index in [2.05, 4.69) is 21.8 Å². The number of aliphatic hydroxyl groups excluding tert-OH is 1. The third-order valence-electron chi connectivity index (χ3n) is 3.51. The molecule has 110 valence electrons. The highest BCUT2D eigenvalue weighted by Gasteiger charge is 2.24. The molecule has 1 atom stereocenters. The zero-order chi connectivity index (χ0) is 14.7. The van der Waals surface area contributed by atoms with Gasteiger partial charge < -0.3 is 14.9 Å². The highest BCUT2D eigenvalue weighted by Crippen LogP contribution is 2.16. The lowest BCUT2D eigenvalue weighted by Gasteiger charge is -2.36. The zero-order valence-corrected chi connectivity index (χ0v) is 12.3. The zero-order valence-electron chi connectivity index (χ0n) is 12.3. The summed E-state index contributed by atoms with van der Waals surface area (Å²) in [5.41, 5.74) is 1.04. The smallest absolute Gasteiger partial charge is 0.251 e. The van der Waals surface area contributed by atoms with Crippen molar-refractivity contribution in [1.82, 2.24) is 14.9 Å². The molecule has 2 heterocycles. The molecule has 2 rings (SSSR count). The molecule has 1 unspecified atom stereocenters. The summed E-state index contributed by atoms with van der Waals surface area (Å²) >= 11 is 0. The van der Waals surface area contributed by atoms with Crippen LogP contribution in [0.5, 0.6) is 0 Å². The van der Waals surface area contributed by atoms with E-state index in [-0.39, 0.29) is 5.91 Å². The molecule has 20 heavy (non-hydrogen) atoms. The number of amides is 1. The van der Waals surface area contributed by atoms with Crippen molar-refractivity contribution in [2.45, 2.75) is 33.3 Å². The molecule has 1 aromatic heterocycles. The molecule has 0 radical (unpaired) electrons. The number of hydrogen-bond donors (Lipinski definition) is 1. The number of piperazine rings is 1. The summed E-state index contributed by atoms with van der Waals surface area (Å²) in [7, 11) is 0. The maximum Gasteiger partial charge on any atom is 0.251 e. The van der Waals surface area contributed by atoms with E-state index in [1.165, 1.54) is 6.92 Å². The van der Waals surface area contributed by atoms with E-state index in [1.54, 1.807) is 4.90 Å². The quantitative estimate of drug-likeness (QED) is 0.865. The number of nitrogens with zero attached hydrogens (tertiary/aromatic N) is 4. The Hall–Kier alpha value is -1.69. The summed E-state index contributed by atoms with van der Waals surface area (Å²) < 4.78 is 0. The minimum Gasteiger partial charge on any atom is -0.384 e. The summed E-state index contributed by atoms with van der Waals surface area (Å²) in [6.07, 6.45) is -0.0360. The Kier molecular flexibility index (Phi) is 4.54. The lowest BCUT2D eigenvalue weighted by atomic mass is 10.2. The first-order valence-corrected chi connectivity index (χ1v) is 7.07. The van der Waals surface area contributed by atoms with Gasteiger partial charge in [-0.05, 0) is 20.3 Å². The third-order valence-corrected chi connectivity index (χ3v) is 3.51. The SMILES string of the molecule is CCc1cc(N2CCN(C(=O)C(C)O)CC2)nc(C)n1. The number of aryl methyl sites for hydroxylation is 2. The van der Waals surface area contributed by atoms with Crippen molar-refractivity contribution in [2.24, 2.45) is 0 Å². The number of hydrogen-bond acceptors (Lipinski definition) is 5. The molecular formula is C14H22N4O2. The average Bonchev–Trinajstić information content (AvgIpc) is 2.45. The van der Waals surface area contributed by atoms with E-state index in [1.807, 2.05) is 13.0 Å². The number of rotatable bonds is 3. The van der Waals surface area contributed by atoms with Crippen LogP contribution < -0.4 is 4.90 Å². The largest absolute Gasteiger partial charge is 0.384 e. The van der Waals surface area contributed by atoms with E-state index in [0.717, 1.165) is 36.8 Å². The molecule has 1 fully saturated rings. The summed E-state index contributed by atoms with van der Waals surface area (Å²) in [4.78, 5) is 24.4. The fourth-order valence-electron chi connectivity index (χ4n) is 2.38. The Labute approximate surface area is 119 Å². The van der Waals surface area contributed by atoms with E-state index in [9.17, 15) is 9.90 Å². The van der Waals surface area contributed by atoms with Crippen LogP contribution >= 0.6 is 0 Å².